The van der Waals surface area contributed by atoms with Crippen molar-refractivity contribution in [3.63, 3.8) is 0 Å². The van der Waals surface area contributed by atoms with E-state index in [0.29, 0.717) is 32.4 Å². The molecule has 4 heterocycles. The average Bonchev–Trinajstić information content (AvgIpc) is 3.06. The molecule has 0 bridgehead atoms. The van der Waals surface area contributed by atoms with E-state index in [1.165, 1.54) is 0 Å². The first-order valence-electron chi connectivity index (χ1n) is 10.8. The Morgan fingerprint density at radius 1 is 1.20 bits per heavy atom. The average molecular weight is 418 g/mol. The van der Waals surface area contributed by atoms with Gasteiger partial charge in [-0.15, -0.1) is 0 Å². The van der Waals surface area contributed by atoms with E-state index < -0.39 is 35.6 Å². The molecular weight excluding hydrogens is 388 g/mol. The minimum Gasteiger partial charge on any atom is -0.465 e. The summed E-state index contributed by atoms with van der Waals surface area (Å²) in [5.41, 5.74) is -1.19. The van der Waals surface area contributed by atoms with Crippen LogP contribution in [0.15, 0.2) is 24.3 Å². The summed E-state index contributed by atoms with van der Waals surface area (Å²) in [5, 5.41) is 9.17. The zero-order valence-corrected chi connectivity index (χ0v) is 17.5. The summed E-state index contributed by atoms with van der Waals surface area (Å²) in [6, 6.07) is -0.866. The van der Waals surface area contributed by atoms with E-state index in [2.05, 4.69) is 0 Å². The molecule has 1 unspecified atom stereocenters. The first kappa shape index (κ1) is 21.1. The highest BCUT2D eigenvalue weighted by molar-refractivity contribution is 5.99. The summed E-state index contributed by atoms with van der Waals surface area (Å²) in [6.07, 6.45) is 8.54. The Balaban J connectivity index is 1.79. The zero-order valence-electron chi connectivity index (χ0n) is 17.5. The number of hydrogen-bond acceptors (Lipinski definition) is 6. The molecule has 8 nitrogen and oxygen atoms in total. The molecule has 0 aromatic rings. The third-order valence-electron chi connectivity index (χ3n) is 6.58. The lowest BCUT2D eigenvalue weighted by Crippen LogP contribution is -2.56. The highest BCUT2D eigenvalue weighted by Gasteiger charge is 2.71. The van der Waals surface area contributed by atoms with Crippen LogP contribution >= 0.6 is 0 Å². The van der Waals surface area contributed by atoms with Gasteiger partial charge < -0.3 is 24.4 Å². The van der Waals surface area contributed by atoms with Crippen molar-refractivity contribution in [1.82, 2.24) is 9.80 Å². The fraction of sp³-hybridized carbons (Fsp3) is 0.682. The van der Waals surface area contributed by atoms with Gasteiger partial charge in [0.1, 0.15) is 17.6 Å². The summed E-state index contributed by atoms with van der Waals surface area (Å²) < 4.78 is 11.8. The van der Waals surface area contributed by atoms with E-state index in [0.717, 1.165) is 0 Å². The molecule has 2 fully saturated rings. The summed E-state index contributed by atoms with van der Waals surface area (Å²) in [4.78, 5) is 43.4. The summed E-state index contributed by atoms with van der Waals surface area (Å²) in [6.45, 7) is 4.94. The van der Waals surface area contributed by atoms with Crippen molar-refractivity contribution in [3.8, 4) is 0 Å². The van der Waals surface area contributed by atoms with E-state index in [1.54, 1.807) is 9.80 Å². The van der Waals surface area contributed by atoms with E-state index in [4.69, 9.17) is 9.47 Å². The number of fused-ring (bicyclic) bond motifs is 2. The number of carbonyl (C=O) groups is 3. The standard InChI is InChI=1S/C22H30N2O6/c1-14(2)23-11-7-9-22-17(16-15(30-22)8-3-6-13-29-21(16)28)19(26)24(10-4-5-12-25)18(22)20(23)27/h3,7-9,14-18,25H,4-6,10-13H2,1-2H3/t15-,16+,17-,18?,22-/m0/s1. The van der Waals surface area contributed by atoms with Crippen molar-refractivity contribution in [3.05, 3.63) is 24.3 Å². The molecule has 4 aliphatic heterocycles. The number of amides is 2. The van der Waals surface area contributed by atoms with Gasteiger partial charge in [0.15, 0.2) is 0 Å². The SMILES string of the molecule is CC(C)N1CC=C[C@]23O[C@H]4C=CCCOC(=O)[C@H]4[C@H]2C(=O)N(CCCCO)C3C1=O. The van der Waals surface area contributed by atoms with Crippen LogP contribution in [-0.2, 0) is 23.9 Å². The Morgan fingerprint density at radius 2 is 2.00 bits per heavy atom. The summed E-state index contributed by atoms with van der Waals surface area (Å²) >= 11 is 0. The lowest BCUT2D eigenvalue weighted by Gasteiger charge is -2.36. The van der Waals surface area contributed by atoms with E-state index in [1.807, 2.05) is 38.2 Å². The van der Waals surface area contributed by atoms with Gasteiger partial charge in [-0.2, -0.15) is 0 Å². The number of likely N-dealkylation sites (tertiary alicyclic amines) is 1. The number of esters is 1. The molecule has 0 radical (unpaired) electrons. The fourth-order valence-corrected chi connectivity index (χ4v) is 5.22. The van der Waals surface area contributed by atoms with Gasteiger partial charge in [0.05, 0.1) is 18.6 Å². The predicted molar refractivity (Wildman–Crippen MR) is 107 cm³/mol. The van der Waals surface area contributed by atoms with Crippen LogP contribution in [0.1, 0.15) is 33.1 Å². The molecule has 0 aliphatic carbocycles. The Hall–Kier alpha value is -2.19. The van der Waals surface area contributed by atoms with Crippen LogP contribution in [0.2, 0.25) is 0 Å². The Kier molecular flexibility index (Phi) is 5.72. The van der Waals surface area contributed by atoms with Crippen molar-refractivity contribution < 1.29 is 29.0 Å². The number of aliphatic hydroxyl groups excluding tert-OH is 1. The van der Waals surface area contributed by atoms with E-state index in [-0.39, 0.29) is 31.1 Å². The van der Waals surface area contributed by atoms with Gasteiger partial charge in [-0.3, -0.25) is 14.4 Å². The van der Waals surface area contributed by atoms with Gasteiger partial charge in [-0.1, -0.05) is 24.3 Å². The highest BCUT2D eigenvalue weighted by atomic mass is 16.6. The zero-order chi connectivity index (χ0) is 21.5. The number of ether oxygens (including phenoxy) is 2. The first-order valence-corrected chi connectivity index (χ1v) is 10.8. The molecular formula is C22H30N2O6. The lowest BCUT2D eigenvalue weighted by atomic mass is 9.77. The largest absolute Gasteiger partial charge is 0.465 e. The minimum absolute atomic E-state index is 0.0194. The van der Waals surface area contributed by atoms with Crippen molar-refractivity contribution in [2.45, 2.75) is 56.9 Å². The second-order valence-corrected chi connectivity index (χ2v) is 8.68. The second-order valence-electron chi connectivity index (χ2n) is 8.68. The number of nitrogens with zero attached hydrogens (tertiary/aromatic N) is 2. The topological polar surface area (TPSA) is 96.4 Å². The quantitative estimate of drug-likeness (QED) is 0.400. The third-order valence-corrected chi connectivity index (χ3v) is 6.58. The molecule has 5 atom stereocenters. The van der Waals surface area contributed by atoms with E-state index >= 15 is 0 Å². The molecule has 8 heteroatoms. The Labute approximate surface area is 176 Å². The molecule has 0 aromatic carbocycles. The fourth-order valence-electron chi connectivity index (χ4n) is 5.22. The minimum atomic E-state index is -1.19. The summed E-state index contributed by atoms with van der Waals surface area (Å²) in [7, 11) is 0. The van der Waals surface area contributed by atoms with Gasteiger partial charge in [0.2, 0.25) is 11.8 Å². The van der Waals surface area contributed by atoms with Gasteiger partial charge in [0, 0.05) is 25.7 Å². The predicted octanol–water partition coefficient (Wildman–Crippen LogP) is 0.650. The maximum Gasteiger partial charge on any atom is 0.312 e. The van der Waals surface area contributed by atoms with Crippen LogP contribution in [0, 0.1) is 11.8 Å². The molecule has 4 rings (SSSR count). The number of unbranched alkanes of at least 4 members (excludes halogenated alkanes) is 1. The van der Waals surface area contributed by atoms with Gasteiger partial charge in [-0.25, -0.2) is 0 Å². The molecule has 1 N–H and O–H groups in total. The van der Waals surface area contributed by atoms with Crippen molar-refractivity contribution in [2.24, 2.45) is 11.8 Å². The molecule has 0 saturated carbocycles. The maximum atomic E-state index is 13.6. The van der Waals surface area contributed by atoms with Gasteiger partial charge in [-0.05, 0) is 33.1 Å². The summed E-state index contributed by atoms with van der Waals surface area (Å²) in [5.74, 6) is -2.44. The number of carbonyl (C=O) groups excluding carboxylic acids is 3. The van der Waals surface area contributed by atoms with Crippen LogP contribution in [0.4, 0.5) is 0 Å². The number of aliphatic hydroxyl groups is 1. The number of cyclic esters (lactones) is 1. The second kappa shape index (κ2) is 8.15. The number of hydrogen-bond donors (Lipinski definition) is 1. The van der Waals surface area contributed by atoms with Crippen LogP contribution < -0.4 is 0 Å². The van der Waals surface area contributed by atoms with Crippen molar-refractivity contribution in [2.75, 3.05) is 26.3 Å². The van der Waals surface area contributed by atoms with Crippen LogP contribution in [0.5, 0.6) is 0 Å². The van der Waals surface area contributed by atoms with E-state index in [9.17, 15) is 19.5 Å². The molecule has 30 heavy (non-hydrogen) atoms. The Morgan fingerprint density at radius 3 is 2.73 bits per heavy atom. The van der Waals surface area contributed by atoms with Crippen LogP contribution in [0.3, 0.4) is 0 Å². The first-order chi connectivity index (χ1) is 14.4. The molecule has 0 aromatic heterocycles. The molecule has 2 saturated heterocycles. The van der Waals surface area contributed by atoms with Gasteiger partial charge in [0.25, 0.3) is 0 Å². The van der Waals surface area contributed by atoms with Crippen LogP contribution in [0.25, 0.3) is 0 Å². The van der Waals surface area contributed by atoms with Gasteiger partial charge >= 0.3 is 5.97 Å². The smallest absolute Gasteiger partial charge is 0.312 e. The normalized spacial score (nSPS) is 35.7. The molecule has 164 valence electrons. The molecule has 1 spiro atoms. The monoisotopic (exact) mass is 418 g/mol. The molecule has 2 amide bonds. The molecule has 4 aliphatic rings. The maximum absolute atomic E-state index is 13.6. The van der Waals surface area contributed by atoms with Crippen molar-refractivity contribution >= 4 is 17.8 Å². The lowest BCUT2D eigenvalue weighted by molar-refractivity contribution is -0.155. The Bertz CT molecular complexity index is 778. The third kappa shape index (κ3) is 3.17. The van der Waals surface area contributed by atoms with Crippen LogP contribution in [-0.4, -0.2) is 82.8 Å². The number of rotatable bonds is 5. The highest BCUT2D eigenvalue weighted by Crippen LogP contribution is 2.53. The van der Waals surface area contributed by atoms with Crippen molar-refractivity contribution in [1.29, 1.82) is 0 Å².